The lowest BCUT2D eigenvalue weighted by molar-refractivity contribution is 0.309. The normalized spacial score (nSPS) is 15.0. The van der Waals surface area contributed by atoms with Crippen LogP contribution in [0.4, 0.5) is 5.69 Å². The van der Waals surface area contributed by atoms with E-state index in [4.69, 9.17) is 15.4 Å². The second-order valence-electron chi connectivity index (χ2n) is 3.65. The summed E-state index contributed by atoms with van der Waals surface area (Å²) in [6.45, 7) is 5.59. The highest BCUT2D eigenvalue weighted by molar-refractivity contribution is 8.13. The van der Waals surface area contributed by atoms with Crippen LogP contribution in [0.25, 0.3) is 0 Å². The van der Waals surface area contributed by atoms with Gasteiger partial charge < -0.3 is 9.64 Å². The molecule has 0 bridgehead atoms. The number of benzene rings is 1. The fourth-order valence-corrected chi connectivity index (χ4v) is 2.52. The molecule has 0 atom stereocenters. The smallest absolute Gasteiger partial charge is 0.261 e. The van der Waals surface area contributed by atoms with Crippen LogP contribution < -0.4 is 9.64 Å². The molecular weight excluding hydrogens is 262 g/mol. The lowest BCUT2D eigenvalue weighted by Gasteiger charge is -2.30. The van der Waals surface area contributed by atoms with E-state index in [-0.39, 0.29) is 4.90 Å². The van der Waals surface area contributed by atoms with Crippen LogP contribution in [0.1, 0.15) is 0 Å². The molecule has 17 heavy (non-hydrogen) atoms. The zero-order valence-electron chi connectivity index (χ0n) is 9.10. The Morgan fingerprint density at radius 1 is 1.53 bits per heavy atom. The maximum absolute atomic E-state index is 11.3. The van der Waals surface area contributed by atoms with Gasteiger partial charge in [-0.25, -0.2) is 8.42 Å². The highest BCUT2D eigenvalue weighted by Gasteiger charge is 2.20. The van der Waals surface area contributed by atoms with Crippen LogP contribution in [-0.2, 0) is 9.05 Å². The molecule has 0 saturated heterocycles. The second-order valence-corrected chi connectivity index (χ2v) is 6.22. The molecule has 2 rings (SSSR count). The van der Waals surface area contributed by atoms with Gasteiger partial charge in [0.25, 0.3) is 9.05 Å². The molecule has 0 aliphatic carbocycles. The first-order valence-corrected chi connectivity index (χ1v) is 7.40. The summed E-state index contributed by atoms with van der Waals surface area (Å²) in [5.74, 6) is 0.669. The van der Waals surface area contributed by atoms with E-state index in [2.05, 4.69) is 6.58 Å². The van der Waals surface area contributed by atoms with Crippen LogP contribution in [0.3, 0.4) is 0 Å². The molecule has 1 heterocycles. The Kier molecular flexibility index (Phi) is 3.31. The summed E-state index contributed by atoms with van der Waals surface area (Å²) in [4.78, 5) is 2.08. The van der Waals surface area contributed by atoms with E-state index >= 15 is 0 Å². The summed E-state index contributed by atoms with van der Waals surface area (Å²) in [7, 11) is 1.61. The quantitative estimate of drug-likeness (QED) is 0.624. The number of fused-ring (bicyclic) bond motifs is 1. The average Bonchev–Trinajstić information content (AvgIpc) is 2.28. The molecule has 0 radical (unpaired) electrons. The predicted molar refractivity (Wildman–Crippen MR) is 67.4 cm³/mol. The van der Waals surface area contributed by atoms with Crippen molar-refractivity contribution < 1.29 is 13.2 Å². The molecule has 4 nitrogen and oxygen atoms in total. The standard InChI is InChI=1S/C11H12ClNO3S/c1-2-5-13-6-7-16-11-4-3-9(8-10(11)13)17(12,14)15/h2-4,8H,1,5-7H2. The van der Waals surface area contributed by atoms with Crippen LogP contribution in [0.5, 0.6) is 5.75 Å². The Morgan fingerprint density at radius 3 is 2.94 bits per heavy atom. The van der Waals surface area contributed by atoms with E-state index < -0.39 is 9.05 Å². The molecular formula is C11H12ClNO3S. The molecule has 0 spiro atoms. The predicted octanol–water partition coefficient (Wildman–Crippen LogP) is 2.00. The molecule has 1 aliphatic heterocycles. The molecule has 6 heteroatoms. The van der Waals surface area contributed by atoms with E-state index in [9.17, 15) is 8.42 Å². The second kappa shape index (κ2) is 4.58. The Labute approximate surface area is 105 Å². The Bertz CT molecular complexity index is 542. The molecule has 1 aromatic rings. The number of hydrogen-bond donors (Lipinski definition) is 0. The fourth-order valence-electron chi connectivity index (χ4n) is 1.75. The van der Waals surface area contributed by atoms with Crippen molar-refractivity contribution >= 4 is 25.4 Å². The van der Waals surface area contributed by atoms with Gasteiger partial charge in [0, 0.05) is 17.2 Å². The molecule has 0 amide bonds. The molecule has 0 N–H and O–H groups in total. The van der Waals surface area contributed by atoms with Crippen molar-refractivity contribution in [3.05, 3.63) is 30.9 Å². The molecule has 0 aromatic heterocycles. The van der Waals surface area contributed by atoms with Crippen LogP contribution in [0.15, 0.2) is 35.7 Å². The monoisotopic (exact) mass is 273 g/mol. The third-order valence-corrected chi connectivity index (χ3v) is 3.87. The molecule has 1 aliphatic rings. The zero-order chi connectivity index (χ0) is 12.5. The lowest BCUT2D eigenvalue weighted by atomic mass is 10.2. The van der Waals surface area contributed by atoms with Gasteiger partial charge in [-0.3, -0.25) is 0 Å². The number of halogens is 1. The highest BCUT2D eigenvalue weighted by Crippen LogP contribution is 2.34. The summed E-state index contributed by atoms with van der Waals surface area (Å²) in [5.41, 5.74) is 0.734. The van der Waals surface area contributed by atoms with Crippen molar-refractivity contribution in [2.75, 3.05) is 24.6 Å². The minimum absolute atomic E-state index is 0.0810. The van der Waals surface area contributed by atoms with Crippen LogP contribution in [0, 0.1) is 0 Å². The first-order chi connectivity index (χ1) is 8.02. The molecule has 1 aromatic carbocycles. The van der Waals surface area contributed by atoms with E-state index in [1.165, 1.54) is 12.1 Å². The summed E-state index contributed by atoms with van der Waals surface area (Å²) in [6.07, 6.45) is 1.76. The molecule has 0 unspecified atom stereocenters. The topological polar surface area (TPSA) is 46.6 Å². The first-order valence-electron chi connectivity index (χ1n) is 5.10. The van der Waals surface area contributed by atoms with Crippen molar-refractivity contribution in [3.8, 4) is 5.75 Å². The minimum atomic E-state index is -3.71. The van der Waals surface area contributed by atoms with Crippen LogP contribution in [-0.4, -0.2) is 28.1 Å². The van der Waals surface area contributed by atoms with Crippen LogP contribution >= 0.6 is 10.7 Å². The Morgan fingerprint density at radius 2 is 2.29 bits per heavy atom. The first kappa shape index (κ1) is 12.3. The molecule has 0 saturated carbocycles. The van der Waals surface area contributed by atoms with Crippen molar-refractivity contribution in [1.82, 2.24) is 0 Å². The summed E-state index contributed by atoms with van der Waals surface area (Å²) in [6, 6.07) is 4.60. The largest absolute Gasteiger partial charge is 0.490 e. The number of ether oxygens (including phenoxy) is 1. The van der Waals surface area contributed by atoms with Gasteiger partial charge in [-0.2, -0.15) is 0 Å². The highest BCUT2D eigenvalue weighted by atomic mass is 35.7. The maximum Gasteiger partial charge on any atom is 0.261 e. The van der Waals surface area contributed by atoms with Gasteiger partial charge in [-0.05, 0) is 18.2 Å². The van der Waals surface area contributed by atoms with Gasteiger partial charge in [0.2, 0.25) is 0 Å². The van der Waals surface area contributed by atoms with E-state index in [1.807, 2.05) is 4.90 Å². The van der Waals surface area contributed by atoms with Gasteiger partial charge in [0.05, 0.1) is 17.1 Å². The summed E-state index contributed by atoms with van der Waals surface area (Å²) in [5, 5.41) is 0. The fraction of sp³-hybridized carbons (Fsp3) is 0.273. The van der Waals surface area contributed by atoms with Crippen molar-refractivity contribution in [2.45, 2.75) is 4.90 Å². The summed E-state index contributed by atoms with van der Waals surface area (Å²) >= 11 is 0. The Balaban J connectivity index is 2.47. The van der Waals surface area contributed by atoms with Gasteiger partial charge in [-0.1, -0.05) is 6.08 Å². The van der Waals surface area contributed by atoms with E-state index in [1.54, 1.807) is 12.1 Å². The van der Waals surface area contributed by atoms with Crippen molar-refractivity contribution in [2.24, 2.45) is 0 Å². The third kappa shape index (κ3) is 2.56. The lowest BCUT2D eigenvalue weighted by Crippen LogP contribution is -2.32. The van der Waals surface area contributed by atoms with Gasteiger partial charge >= 0.3 is 0 Å². The zero-order valence-corrected chi connectivity index (χ0v) is 10.7. The summed E-state index contributed by atoms with van der Waals surface area (Å²) < 4.78 is 28.0. The minimum Gasteiger partial charge on any atom is -0.490 e. The number of hydrogen-bond acceptors (Lipinski definition) is 4. The molecule has 92 valence electrons. The van der Waals surface area contributed by atoms with Crippen molar-refractivity contribution in [1.29, 1.82) is 0 Å². The SMILES string of the molecule is C=CCN1CCOc2ccc(S(=O)(=O)Cl)cc21. The number of nitrogens with zero attached hydrogens (tertiary/aromatic N) is 1. The van der Waals surface area contributed by atoms with Crippen LogP contribution in [0.2, 0.25) is 0 Å². The molecule has 0 fully saturated rings. The third-order valence-electron chi connectivity index (χ3n) is 2.52. The van der Waals surface area contributed by atoms with Gasteiger partial charge in [0.1, 0.15) is 12.4 Å². The Hall–Kier alpha value is -1.20. The van der Waals surface area contributed by atoms with Gasteiger partial charge in [0.15, 0.2) is 0 Å². The maximum atomic E-state index is 11.3. The average molecular weight is 274 g/mol. The number of anilines is 1. The van der Waals surface area contributed by atoms with E-state index in [0.717, 1.165) is 5.69 Å². The van der Waals surface area contributed by atoms with Gasteiger partial charge in [-0.15, -0.1) is 6.58 Å². The van der Waals surface area contributed by atoms with E-state index in [0.29, 0.717) is 25.4 Å². The van der Waals surface area contributed by atoms with Crippen molar-refractivity contribution in [3.63, 3.8) is 0 Å². The number of rotatable bonds is 3.